The fraction of sp³-hybridized carbons (Fsp3) is 0.500. The first-order valence-electron chi connectivity index (χ1n) is 12.3. The number of rotatable bonds is 7. The number of fused-ring (bicyclic) bond motifs is 1. The number of hydrogen-bond acceptors (Lipinski definition) is 8. The van der Waals surface area contributed by atoms with Crippen LogP contribution in [0, 0.1) is 5.82 Å². The number of aliphatic imine (C=N–C) groups is 1. The number of nitrogens with one attached hydrogen (secondary N) is 1. The molecule has 1 unspecified atom stereocenters. The summed E-state index contributed by atoms with van der Waals surface area (Å²) in [4.78, 5) is 24.0. The molecule has 4 heterocycles. The van der Waals surface area contributed by atoms with E-state index in [1.54, 1.807) is 18.5 Å². The lowest BCUT2D eigenvalue weighted by molar-refractivity contribution is -0.107. The first-order chi connectivity index (χ1) is 17.5. The van der Waals surface area contributed by atoms with Gasteiger partial charge in [0.25, 0.3) is 0 Å². The molecule has 0 bridgehead atoms. The molecule has 1 aromatic heterocycles. The van der Waals surface area contributed by atoms with Crippen molar-refractivity contribution in [1.29, 1.82) is 0 Å². The zero-order chi connectivity index (χ0) is 25.5. The highest BCUT2D eigenvalue weighted by atomic mass is 19.1. The minimum Gasteiger partial charge on any atom is -0.498 e. The van der Waals surface area contributed by atoms with Crippen LogP contribution in [0.1, 0.15) is 37.4 Å². The highest BCUT2D eigenvalue weighted by molar-refractivity contribution is 5.96. The first-order valence-corrected chi connectivity index (χ1v) is 12.3. The van der Waals surface area contributed by atoms with E-state index in [9.17, 15) is 14.3 Å². The van der Waals surface area contributed by atoms with Crippen LogP contribution in [0.4, 0.5) is 10.1 Å². The van der Waals surface area contributed by atoms with E-state index in [1.807, 2.05) is 26.0 Å². The zero-order valence-corrected chi connectivity index (χ0v) is 20.8. The number of pyridine rings is 1. The summed E-state index contributed by atoms with van der Waals surface area (Å²) in [5.41, 5.74) is 2.43. The van der Waals surface area contributed by atoms with Crippen molar-refractivity contribution in [2.45, 2.75) is 38.3 Å². The summed E-state index contributed by atoms with van der Waals surface area (Å²) in [5.74, 6) is 0.128. The fourth-order valence-electron chi connectivity index (χ4n) is 4.90. The van der Waals surface area contributed by atoms with Crippen LogP contribution in [0.3, 0.4) is 0 Å². The molecule has 3 aliphatic rings. The van der Waals surface area contributed by atoms with Crippen LogP contribution in [0.2, 0.25) is 0 Å². The van der Waals surface area contributed by atoms with Crippen LogP contribution in [-0.2, 0) is 14.3 Å². The van der Waals surface area contributed by atoms with Gasteiger partial charge >= 0.3 is 0 Å². The van der Waals surface area contributed by atoms with Gasteiger partial charge in [-0.1, -0.05) is 6.08 Å². The summed E-state index contributed by atoms with van der Waals surface area (Å²) in [6.45, 7) is 7.26. The Morgan fingerprint density at radius 1 is 1.33 bits per heavy atom. The van der Waals surface area contributed by atoms with Crippen molar-refractivity contribution in [2.24, 2.45) is 4.99 Å². The molecule has 3 atom stereocenters. The van der Waals surface area contributed by atoms with Gasteiger partial charge in [0.15, 0.2) is 0 Å². The van der Waals surface area contributed by atoms with Crippen molar-refractivity contribution in [3.05, 3.63) is 53.6 Å². The van der Waals surface area contributed by atoms with Crippen LogP contribution in [-0.4, -0.2) is 85.2 Å². The molecular weight excluding hydrogens is 465 g/mol. The molecule has 1 aromatic rings. The van der Waals surface area contributed by atoms with E-state index >= 15 is 0 Å². The Morgan fingerprint density at radius 3 is 2.97 bits per heavy atom. The third-order valence-corrected chi connectivity index (χ3v) is 6.63. The van der Waals surface area contributed by atoms with Crippen molar-refractivity contribution in [1.82, 2.24) is 15.2 Å². The lowest BCUT2D eigenvalue weighted by atomic mass is 9.96. The molecule has 3 aliphatic heterocycles. The average Bonchev–Trinajstić information content (AvgIpc) is 3.24. The number of amides is 1. The lowest BCUT2D eigenvalue weighted by Crippen LogP contribution is -2.54. The number of allylic oxidation sites excluding steroid dienone is 2. The normalized spacial score (nSPS) is 26.6. The standard InChI is InChI=1S/C26H34FN5O4/c1-3-4-23-26-25(21(27)13-30-23)19(15-32(26)17-33)14-31-7-5-22(24(34)16-31)29-12-20-6-8-35-9-10-36-18(2)11-28-20/h3-4,6,8,11,13,17,19,22,24,29,34H,5,7,9-10,12,14-16H2,1-2H3/b4-3-,8-6?,18-11+,28-20?/t19?,22-,24+/m0/s1. The number of aliphatic hydroxyl groups excluding tert-OH is 1. The molecule has 0 saturated carbocycles. The lowest BCUT2D eigenvalue weighted by Gasteiger charge is -2.37. The molecule has 0 aromatic carbocycles. The Hall–Kier alpha value is -3.08. The third kappa shape index (κ3) is 6.18. The molecule has 1 fully saturated rings. The first kappa shape index (κ1) is 26.0. The van der Waals surface area contributed by atoms with E-state index in [0.29, 0.717) is 62.1 Å². The number of halogens is 1. The van der Waals surface area contributed by atoms with E-state index in [0.717, 1.165) is 25.1 Å². The molecule has 1 amide bonds. The van der Waals surface area contributed by atoms with E-state index < -0.39 is 11.9 Å². The number of nitrogens with zero attached hydrogens (tertiary/aromatic N) is 4. The number of carbonyl (C=O) groups excluding carboxylic acids is 1. The maximum absolute atomic E-state index is 14.8. The number of anilines is 1. The topological polar surface area (TPSA) is 99.5 Å². The summed E-state index contributed by atoms with van der Waals surface area (Å²) in [7, 11) is 0. The van der Waals surface area contributed by atoms with Crippen LogP contribution < -0.4 is 10.2 Å². The highest BCUT2D eigenvalue weighted by Gasteiger charge is 2.36. The molecule has 9 nitrogen and oxygen atoms in total. The Morgan fingerprint density at radius 2 is 2.19 bits per heavy atom. The fourth-order valence-corrected chi connectivity index (χ4v) is 4.90. The Balaban J connectivity index is 1.37. The predicted octanol–water partition coefficient (Wildman–Crippen LogP) is 2.20. The summed E-state index contributed by atoms with van der Waals surface area (Å²) in [6, 6.07) is -0.0976. The van der Waals surface area contributed by atoms with Gasteiger partial charge in [-0.2, -0.15) is 0 Å². The quantitative estimate of drug-likeness (QED) is 0.555. The van der Waals surface area contributed by atoms with Crippen LogP contribution in [0.5, 0.6) is 0 Å². The number of aliphatic hydroxyl groups is 1. The Kier molecular flexibility index (Phi) is 8.84. The number of aromatic nitrogens is 1. The van der Waals surface area contributed by atoms with Crippen molar-refractivity contribution in [3.8, 4) is 0 Å². The number of hydrogen-bond donors (Lipinski definition) is 2. The second kappa shape index (κ2) is 12.2. The number of piperidine rings is 1. The minimum absolute atomic E-state index is 0.0976. The van der Waals surface area contributed by atoms with Gasteiger partial charge in [-0.15, -0.1) is 0 Å². The van der Waals surface area contributed by atoms with Gasteiger partial charge in [0, 0.05) is 43.7 Å². The van der Waals surface area contributed by atoms with E-state index in [4.69, 9.17) is 9.47 Å². The van der Waals surface area contributed by atoms with E-state index in [2.05, 4.69) is 20.2 Å². The highest BCUT2D eigenvalue weighted by Crippen LogP contribution is 2.40. The van der Waals surface area contributed by atoms with Gasteiger partial charge in [-0.3, -0.25) is 19.7 Å². The molecule has 10 heteroatoms. The van der Waals surface area contributed by atoms with Crippen molar-refractivity contribution >= 4 is 23.9 Å². The van der Waals surface area contributed by atoms with Gasteiger partial charge in [0.1, 0.15) is 24.8 Å². The second-order valence-electron chi connectivity index (χ2n) is 9.19. The smallest absolute Gasteiger partial charge is 0.214 e. The van der Waals surface area contributed by atoms with Crippen LogP contribution >= 0.6 is 0 Å². The molecule has 0 spiro atoms. The summed E-state index contributed by atoms with van der Waals surface area (Å²) in [6.07, 6.45) is 10.8. The Labute approximate surface area is 211 Å². The number of carbonyl (C=O) groups is 1. The molecule has 2 N–H and O–H groups in total. The van der Waals surface area contributed by atoms with E-state index in [-0.39, 0.29) is 12.0 Å². The molecule has 4 rings (SSSR count). The molecule has 0 aliphatic carbocycles. The van der Waals surface area contributed by atoms with Crippen molar-refractivity contribution in [3.63, 3.8) is 0 Å². The SMILES string of the molecule is C/C=C\c1ncc(F)c2c1N(C=O)CC2CN1CC[C@H](NCC2=N/C=C(\C)OCCOC=C2)[C@H](O)C1. The van der Waals surface area contributed by atoms with Gasteiger partial charge in [0.2, 0.25) is 6.41 Å². The van der Waals surface area contributed by atoms with Gasteiger partial charge in [0.05, 0.1) is 41.9 Å². The third-order valence-electron chi connectivity index (χ3n) is 6.63. The molecular formula is C26H34FN5O4. The summed E-state index contributed by atoms with van der Waals surface area (Å²) in [5, 5.41) is 14.3. The molecule has 1 saturated heterocycles. The number of β-amino-alcohol motifs (C(OH)–C–C–N with tert-alkyl or cyclic N) is 1. The predicted molar refractivity (Wildman–Crippen MR) is 136 cm³/mol. The monoisotopic (exact) mass is 499 g/mol. The van der Waals surface area contributed by atoms with Crippen molar-refractivity contribution in [2.75, 3.05) is 50.8 Å². The maximum Gasteiger partial charge on any atom is 0.214 e. The summed E-state index contributed by atoms with van der Waals surface area (Å²) < 4.78 is 25.7. The second-order valence-corrected chi connectivity index (χ2v) is 9.19. The molecule has 36 heavy (non-hydrogen) atoms. The Bertz CT molecular complexity index is 1060. The van der Waals surface area contributed by atoms with Crippen LogP contribution in [0.25, 0.3) is 6.08 Å². The van der Waals surface area contributed by atoms with E-state index in [1.165, 1.54) is 11.1 Å². The van der Waals surface area contributed by atoms with Gasteiger partial charge < -0.3 is 24.8 Å². The number of likely N-dealkylation sites (tertiary alicyclic amines) is 1. The molecule has 194 valence electrons. The average molecular weight is 500 g/mol. The maximum atomic E-state index is 14.8. The van der Waals surface area contributed by atoms with Crippen molar-refractivity contribution < 1.29 is 23.8 Å². The van der Waals surface area contributed by atoms with Crippen LogP contribution in [0.15, 0.2) is 41.6 Å². The largest absolute Gasteiger partial charge is 0.498 e. The number of ether oxygens (including phenoxy) is 2. The zero-order valence-electron chi connectivity index (χ0n) is 20.8. The minimum atomic E-state index is -0.594. The molecule has 0 radical (unpaired) electrons. The van der Waals surface area contributed by atoms with Gasteiger partial charge in [-0.05, 0) is 39.0 Å². The summed E-state index contributed by atoms with van der Waals surface area (Å²) >= 11 is 0. The van der Waals surface area contributed by atoms with Gasteiger partial charge in [-0.25, -0.2) is 4.39 Å².